The number of likely N-dealkylation sites (tertiary alicyclic amines) is 1. The fourth-order valence-electron chi connectivity index (χ4n) is 6.14. The molecule has 8 heteroatoms. The molecule has 1 N–H and O–H groups in total. The first-order valence-electron chi connectivity index (χ1n) is 12.5. The summed E-state index contributed by atoms with van der Waals surface area (Å²) in [6, 6.07) is 10.5. The highest BCUT2D eigenvalue weighted by atomic mass is 16.2. The summed E-state index contributed by atoms with van der Waals surface area (Å²) in [6.45, 7) is 5.19. The molecule has 5 rings (SSSR count). The largest absolute Gasteiger partial charge is 0.339 e. The van der Waals surface area contributed by atoms with E-state index in [1.165, 1.54) is 5.56 Å². The molecule has 4 aliphatic rings. The van der Waals surface area contributed by atoms with Gasteiger partial charge in [0.15, 0.2) is 0 Å². The van der Waals surface area contributed by atoms with Crippen molar-refractivity contribution in [1.82, 2.24) is 24.9 Å². The second kappa shape index (κ2) is 9.61. The monoisotopic (exact) mass is 453 g/mol. The molecular weight excluding hydrogens is 418 g/mol. The van der Waals surface area contributed by atoms with Gasteiger partial charge in [-0.25, -0.2) is 9.59 Å². The Balaban J connectivity index is 1.08. The van der Waals surface area contributed by atoms with E-state index in [-0.39, 0.29) is 12.1 Å². The minimum Gasteiger partial charge on any atom is -0.339 e. The number of piperazine rings is 1. The number of amides is 5. The molecule has 4 aliphatic heterocycles. The van der Waals surface area contributed by atoms with E-state index in [2.05, 4.69) is 22.3 Å². The summed E-state index contributed by atoms with van der Waals surface area (Å²) in [5.41, 5.74) is 1.21. The van der Waals surface area contributed by atoms with Crippen LogP contribution in [0, 0.1) is 11.8 Å². The first-order valence-corrected chi connectivity index (χ1v) is 12.5. The Morgan fingerprint density at radius 2 is 1.70 bits per heavy atom. The van der Waals surface area contributed by atoms with E-state index in [0.717, 1.165) is 45.3 Å². The molecule has 3 atom stereocenters. The van der Waals surface area contributed by atoms with Gasteiger partial charge in [0.2, 0.25) is 5.91 Å². The van der Waals surface area contributed by atoms with Gasteiger partial charge in [-0.1, -0.05) is 30.3 Å². The number of rotatable bonds is 3. The number of nitrogens with one attached hydrogen (secondary N) is 1. The highest BCUT2D eigenvalue weighted by molar-refractivity contribution is 5.78. The van der Waals surface area contributed by atoms with Crippen LogP contribution in [0.5, 0.6) is 0 Å². The third kappa shape index (κ3) is 4.80. The van der Waals surface area contributed by atoms with Crippen LogP contribution in [0.1, 0.15) is 31.2 Å². The van der Waals surface area contributed by atoms with Gasteiger partial charge in [-0.15, -0.1) is 0 Å². The molecule has 33 heavy (non-hydrogen) atoms. The van der Waals surface area contributed by atoms with E-state index in [1.807, 2.05) is 32.9 Å². The average molecular weight is 454 g/mol. The topological polar surface area (TPSA) is 76.2 Å². The molecule has 4 saturated heterocycles. The Morgan fingerprint density at radius 1 is 0.939 bits per heavy atom. The lowest BCUT2D eigenvalue weighted by atomic mass is 9.76. The standard InChI is InChI=1S/C25H35N5O3/c31-23-8-4-7-22-21-15-20(17-30(22)23)16-29(18-21)25(33)28-13-11-27(12-14-28)24(32)26-10-9-19-5-2-1-3-6-19/h1-3,5-6,20-22H,4,7-18H2,(H,26,32)/t20?,21?,22-/m1/s1. The minimum atomic E-state index is -0.0485. The van der Waals surface area contributed by atoms with Gasteiger partial charge < -0.3 is 24.9 Å². The molecule has 2 bridgehead atoms. The van der Waals surface area contributed by atoms with Gasteiger partial charge >= 0.3 is 12.1 Å². The van der Waals surface area contributed by atoms with Gasteiger partial charge in [-0.2, -0.15) is 0 Å². The first-order chi connectivity index (χ1) is 16.1. The van der Waals surface area contributed by atoms with Crippen molar-refractivity contribution < 1.29 is 14.4 Å². The third-order valence-corrected chi connectivity index (χ3v) is 7.82. The fraction of sp³-hybridized carbons (Fsp3) is 0.640. The number of nitrogens with zero attached hydrogens (tertiary/aromatic N) is 4. The molecule has 0 aromatic heterocycles. The summed E-state index contributed by atoms with van der Waals surface area (Å²) in [4.78, 5) is 46.0. The van der Waals surface area contributed by atoms with Crippen molar-refractivity contribution in [3.8, 4) is 0 Å². The lowest BCUT2D eigenvalue weighted by Crippen LogP contribution is -2.63. The fourth-order valence-corrected chi connectivity index (χ4v) is 6.14. The van der Waals surface area contributed by atoms with Gasteiger partial charge in [-0.3, -0.25) is 4.79 Å². The molecule has 2 unspecified atom stereocenters. The maximum Gasteiger partial charge on any atom is 0.320 e. The molecule has 4 heterocycles. The van der Waals surface area contributed by atoms with Crippen LogP contribution in [0.4, 0.5) is 9.59 Å². The number of hydrogen-bond donors (Lipinski definition) is 1. The van der Waals surface area contributed by atoms with E-state index in [0.29, 0.717) is 62.9 Å². The van der Waals surface area contributed by atoms with Gasteiger partial charge in [0, 0.05) is 64.8 Å². The molecule has 0 aliphatic carbocycles. The first kappa shape index (κ1) is 22.0. The SMILES string of the molecule is O=C(NCCc1ccccc1)N1CCN(C(=O)N2CC3CC(C2)[C@H]2CCCC(=O)N2C3)CC1. The zero-order valence-corrected chi connectivity index (χ0v) is 19.3. The predicted molar refractivity (Wildman–Crippen MR) is 125 cm³/mol. The third-order valence-electron chi connectivity index (χ3n) is 7.82. The van der Waals surface area contributed by atoms with Crippen molar-refractivity contribution in [1.29, 1.82) is 0 Å². The summed E-state index contributed by atoms with van der Waals surface area (Å²) in [5, 5.41) is 3.01. The number of carbonyl (C=O) groups excluding carboxylic acids is 3. The van der Waals surface area contributed by atoms with Crippen LogP contribution in [0.15, 0.2) is 30.3 Å². The normalized spacial score (nSPS) is 27.3. The molecular formula is C25H35N5O3. The maximum atomic E-state index is 13.3. The number of fused-ring (bicyclic) bond motifs is 4. The van der Waals surface area contributed by atoms with Gasteiger partial charge in [0.1, 0.15) is 0 Å². The van der Waals surface area contributed by atoms with Crippen LogP contribution >= 0.6 is 0 Å². The zero-order valence-electron chi connectivity index (χ0n) is 19.3. The molecule has 178 valence electrons. The quantitative estimate of drug-likeness (QED) is 0.761. The van der Waals surface area contributed by atoms with Crippen LogP contribution in [0.25, 0.3) is 0 Å². The number of piperidine rings is 3. The molecule has 4 fully saturated rings. The van der Waals surface area contributed by atoms with Gasteiger partial charge in [0.25, 0.3) is 0 Å². The van der Waals surface area contributed by atoms with Gasteiger partial charge in [-0.05, 0) is 43.1 Å². The Morgan fingerprint density at radius 3 is 2.48 bits per heavy atom. The predicted octanol–water partition coefficient (Wildman–Crippen LogP) is 2.01. The Labute approximate surface area is 195 Å². The van der Waals surface area contributed by atoms with Crippen LogP contribution in [-0.4, -0.2) is 96.0 Å². The summed E-state index contributed by atoms with van der Waals surface area (Å²) < 4.78 is 0. The second-order valence-corrected chi connectivity index (χ2v) is 10.00. The summed E-state index contributed by atoms with van der Waals surface area (Å²) >= 11 is 0. The molecule has 1 aromatic rings. The van der Waals surface area contributed by atoms with Crippen molar-refractivity contribution in [3.05, 3.63) is 35.9 Å². The van der Waals surface area contributed by atoms with Crippen molar-refractivity contribution >= 4 is 18.0 Å². The summed E-state index contributed by atoms with van der Waals surface area (Å²) in [6.07, 6.45) is 4.68. The summed E-state index contributed by atoms with van der Waals surface area (Å²) in [5.74, 6) is 1.10. The highest BCUT2D eigenvalue weighted by Crippen LogP contribution is 2.38. The maximum absolute atomic E-state index is 13.3. The average Bonchev–Trinajstić information content (AvgIpc) is 2.85. The van der Waals surface area contributed by atoms with E-state index < -0.39 is 0 Å². The zero-order chi connectivity index (χ0) is 22.8. The van der Waals surface area contributed by atoms with Gasteiger partial charge in [0.05, 0.1) is 0 Å². The van der Waals surface area contributed by atoms with E-state index in [1.54, 1.807) is 0 Å². The Hall–Kier alpha value is -2.77. The van der Waals surface area contributed by atoms with E-state index >= 15 is 0 Å². The van der Waals surface area contributed by atoms with E-state index in [9.17, 15) is 14.4 Å². The Kier molecular flexibility index (Phi) is 6.42. The van der Waals surface area contributed by atoms with Crippen molar-refractivity contribution in [3.63, 3.8) is 0 Å². The molecule has 5 amide bonds. The molecule has 0 spiro atoms. The second-order valence-electron chi connectivity index (χ2n) is 10.00. The Bertz CT molecular complexity index is 870. The van der Waals surface area contributed by atoms with Crippen molar-refractivity contribution in [2.45, 2.75) is 38.1 Å². The van der Waals surface area contributed by atoms with E-state index in [4.69, 9.17) is 0 Å². The van der Waals surface area contributed by atoms with Crippen molar-refractivity contribution in [2.24, 2.45) is 11.8 Å². The van der Waals surface area contributed by atoms with Crippen LogP contribution in [-0.2, 0) is 11.2 Å². The molecule has 0 saturated carbocycles. The molecule has 1 aromatic carbocycles. The molecule has 0 radical (unpaired) electrons. The lowest BCUT2D eigenvalue weighted by molar-refractivity contribution is -0.144. The smallest absolute Gasteiger partial charge is 0.320 e. The number of carbonyl (C=O) groups is 3. The molecule has 8 nitrogen and oxygen atoms in total. The number of urea groups is 2. The number of benzene rings is 1. The number of hydrogen-bond acceptors (Lipinski definition) is 3. The van der Waals surface area contributed by atoms with Crippen LogP contribution in [0.3, 0.4) is 0 Å². The minimum absolute atomic E-state index is 0.0485. The van der Waals surface area contributed by atoms with Crippen molar-refractivity contribution in [2.75, 3.05) is 52.4 Å². The highest BCUT2D eigenvalue weighted by Gasteiger charge is 2.45. The van der Waals surface area contributed by atoms with Crippen LogP contribution < -0.4 is 5.32 Å². The van der Waals surface area contributed by atoms with Crippen LogP contribution in [0.2, 0.25) is 0 Å². The summed E-state index contributed by atoms with van der Waals surface area (Å²) in [7, 11) is 0. The lowest BCUT2D eigenvalue weighted by Gasteiger charge is -2.53.